The molecule has 2 aromatic carbocycles. The number of methoxy groups -OCH3 is 1. The SMILES string of the molecule is COC(=O)C1=C(C)N(CCc2ccccc2)C(=O)/C1=C\c1ccc(CNS(=O)(=O)c2ccc(C)cc2)o1. The molecule has 0 aliphatic carbocycles. The number of benzene rings is 2. The van der Waals surface area contributed by atoms with Crippen molar-refractivity contribution in [3.8, 4) is 0 Å². The fourth-order valence-corrected chi connectivity index (χ4v) is 5.05. The van der Waals surface area contributed by atoms with Gasteiger partial charge in [-0.15, -0.1) is 0 Å². The average molecular weight is 521 g/mol. The molecule has 1 amide bonds. The highest BCUT2D eigenvalue weighted by Gasteiger charge is 2.37. The maximum atomic E-state index is 13.3. The van der Waals surface area contributed by atoms with Crippen LogP contribution in [0.4, 0.5) is 0 Å². The van der Waals surface area contributed by atoms with Crippen LogP contribution in [-0.2, 0) is 37.3 Å². The van der Waals surface area contributed by atoms with Crippen LogP contribution in [0, 0.1) is 6.92 Å². The Labute approximate surface area is 216 Å². The van der Waals surface area contributed by atoms with Gasteiger partial charge in [0.2, 0.25) is 10.0 Å². The van der Waals surface area contributed by atoms with Crippen LogP contribution in [-0.4, -0.2) is 38.8 Å². The number of ether oxygens (including phenoxy) is 1. The number of sulfonamides is 1. The second-order valence-corrected chi connectivity index (χ2v) is 10.4. The van der Waals surface area contributed by atoms with Gasteiger partial charge < -0.3 is 14.1 Å². The van der Waals surface area contributed by atoms with Crippen molar-refractivity contribution in [3.05, 3.63) is 106 Å². The van der Waals surface area contributed by atoms with Crippen LogP contribution in [0.25, 0.3) is 6.08 Å². The molecule has 0 saturated carbocycles. The van der Waals surface area contributed by atoms with Gasteiger partial charge in [0, 0.05) is 12.2 Å². The number of allylic oxidation sites excluding steroid dienone is 1. The summed E-state index contributed by atoms with van der Waals surface area (Å²) < 4.78 is 38.3. The number of nitrogens with one attached hydrogen (secondary N) is 1. The van der Waals surface area contributed by atoms with E-state index in [2.05, 4.69) is 4.72 Å². The second kappa shape index (κ2) is 11.0. The first-order valence-electron chi connectivity index (χ1n) is 11.7. The molecule has 0 radical (unpaired) electrons. The van der Waals surface area contributed by atoms with Gasteiger partial charge in [-0.05, 0) is 56.2 Å². The van der Waals surface area contributed by atoms with E-state index in [0.29, 0.717) is 30.2 Å². The van der Waals surface area contributed by atoms with Crippen LogP contribution in [0.1, 0.15) is 29.6 Å². The predicted molar refractivity (Wildman–Crippen MR) is 138 cm³/mol. The molecule has 8 nitrogen and oxygen atoms in total. The Morgan fingerprint density at radius 3 is 2.41 bits per heavy atom. The highest BCUT2D eigenvalue weighted by atomic mass is 32.2. The quantitative estimate of drug-likeness (QED) is 0.338. The molecule has 0 bridgehead atoms. The molecule has 0 unspecified atom stereocenters. The van der Waals surface area contributed by atoms with Crippen molar-refractivity contribution >= 4 is 28.0 Å². The number of rotatable bonds is 9. The lowest BCUT2D eigenvalue weighted by molar-refractivity contribution is -0.136. The van der Waals surface area contributed by atoms with E-state index in [4.69, 9.17) is 9.15 Å². The van der Waals surface area contributed by atoms with Crippen LogP contribution in [0.5, 0.6) is 0 Å². The molecule has 0 atom stereocenters. The van der Waals surface area contributed by atoms with E-state index in [1.165, 1.54) is 25.3 Å². The number of hydrogen-bond acceptors (Lipinski definition) is 6. The van der Waals surface area contributed by atoms with Gasteiger partial charge in [0.25, 0.3) is 5.91 Å². The third kappa shape index (κ3) is 5.90. The summed E-state index contributed by atoms with van der Waals surface area (Å²) in [6, 6.07) is 19.5. The summed E-state index contributed by atoms with van der Waals surface area (Å²) in [5.41, 5.74) is 2.89. The first kappa shape index (κ1) is 26.1. The van der Waals surface area contributed by atoms with Crippen molar-refractivity contribution in [1.82, 2.24) is 9.62 Å². The van der Waals surface area contributed by atoms with Crippen LogP contribution < -0.4 is 4.72 Å². The molecule has 37 heavy (non-hydrogen) atoms. The number of nitrogens with zero attached hydrogens (tertiary/aromatic N) is 1. The zero-order chi connectivity index (χ0) is 26.6. The van der Waals surface area contributed by atoms with Gasteiger partial charge in [0.05, 0.1) is 29.7 Å². The Morgan fingerprint density at radius 2 is 1.73 bits per heavy atom. The van der Waals surface area contributed by atoms with E-state index < -0.39 is 16.0 Å². The van der Waals surface area contributed by atoms with Crippen molar-refractivity contribution in [2.45, 2.75) is 31.7 Å². The predicted octanol–water partition coefficient (Wildman–Crippen LogP) is 3.98. The first-order chi connectivity index (χ1) is 17.7. The van der Waals surface area contributed by atoms with Gasteiger partial charge in [-0.3, -0.25) is 4.79 Å². The molecular formula is C28H28N2O6S. The van der Waals surface area contributed by atoms with Gasteiger partial charge in [-0.1, -0.05) is 48.0 Å². The molecule has 9 heteroatoms. The summed E-state index contributed by atoms with van der Waals surface area (Å²) in [6.07, 6.45) is 2.11. The number of amides is 1. The van der Waals surface area contributed by atoms with Crippen molar-refractivity contribution in [1.29, 1.82) is 0 Å². The molecule has 192 valence electrons. The summed E-state index contributed by atoms with van der Waals surface area (Å²) >= 11 is 0. The minimum Gasteiger partial charge on any atom is -0.465 e. The van der Waals surface area contributed by atoms with Crippen molar-refractivity contribution in [3.63, 3.8) is 0 Å². The van der Waals surface area contributed by atoms with Crippen LogP contribution in [0.2, 0.25) is 0 Å². The van der Waals surface area contributed by atoms with Gasteiger partial charge in [-0.25, -0.2) is 17.9 Å². The number of esters is 1. The Hall–Kier alpha value is -3.95. The van der Waals surface area contributed by atoms with Crippen molar-refractivity contribution < 1.29 is 27.2 Å². The second-order valence-electron chi connectivity index (χ2n) is 8.64. The zero-order valence-electron chi connectivity index (χ0n) is 20.9. The van der Waals surface area contributed by atoms with E-state index in [0.717, 1.165) is 11.1 Å². The van der Waals surface area contributed by atoms with Crippen molar-refractivity contribution in [2.24, 2.45) is 0 Å². The minimum atomic E-state index is -3.72. The zero-order valence-corrected chi connectivity index (χ0v) is 21.7. The molecule has 0 spiro atoms. The summed E-state index contributed by atoms with van der Waals surface area (Å²) in [5, 5.41) is 0. The highest BCUT2D eigenvalue weighted by Crippen LogP contribution is 2.32. The molecule has 0 saturated heterocycles. The van der Waals surface area contributed by atoms with Crippen LogP contribution >= 0.6 is 0 Å². The molecule has 3 aromatic rings. The van der Waals surface area contributed by atoms with Crippen LogP contribution in [0.3, 0.4) is 0 Å². The molecule has 4 rings (SSSR count). The minimum absolute atomic E-state index is 0.0742. The lowest BCUT2D eigenvalue weighted by Gasteiger charge is -2.17. The Kier molecular flexibility index (Phi) is 7.75. The first-order valence-corrected chi connectivity index (χ1v) is 13.2. The summed E-state index contributed by atoms with van der Waals surface area (Å²) in [6.45, 7) is 3.91. The Morgan fingerprint density at radius 1 is 1.03 bits per heavy atom. The summed E-state index contributed by atoms with van der Waals surface area (Å²) in [5.74, 6) is -0.273. The molecule has 1 aliphatic heterocycles. The fourth-order valence-electron chi connectivity index (χ4n) is 4.06. The smallest absolute Gasteiger partial charge is 0.340 e. The third-order valence-corrected chi connectivity index (χ3v) is 7.52. The number of carbonyl (C=O) groups excluding carboxylic acids is 2. The summed E-state index contributed by atoms with van der Waals surface area (Å²) in [4.78, 5) is 27.6. The molecule has 1 N–H and O–H groups in total. The molecule has 2 heterocycles. The van der Waals surface area contributed by atoms with E-state index in [9.17, 15) is 18.0 Å². The van der Waals surface area contributed by atoms with Gasteiger partial charge >= 0.3 is 5.97 Å². The molecule has 1 aromatic heterocycles. The van der Waals surface area contributed by atoms with Gasteiger partial charge in [0.1, 0.15) is 11.5 Å². The molecule has 1 aliphatic rings. The topological polar surface area (TPSA) is 106 Å². The number of furan rings is 1. The van der Waals surface area contributed by atoms with E-state index in [-0.39, 0.29) is 28.5 Å². The molecule has 0 fully saturated rings. The maximum absolute atomic E-state index is 13.3. The van der Waals surface area contributed by atoms with Gasteiger partial charge in [-0.2, -0.15) is 0 Å². The monoisotopic (exact) mass is 520 g/mol. The van der Waals surface area contributed by atoms with Gasteiger partial charge in [0.15, 0.2) is 0 Å². The Balaban J connectivity index is 1.52. The number of carbonyl (C=O) groups is 2. The maximum Gasteiger partial charge on any atom is 0.340 e. The van der Waals surface area contributed by atoms with E-state index in [1.807, 2.05) is 37.3 Å². The molecular weight excluding hydrogens is 492 g/mol. The van der Waals surface area contributed by atoms with E-state index in [1.54, 1.807) is 36.1 Å². The van der Waals surface area contributed by atoms with Crippen LogP contribution in [0.15, 0.2) is 92.9 Å². The highest BCUT2D eigenvalue weighted by molar-refractivity contribution is 7.89. The fraction of sp³-hybridized carbons (Fsp3) is 0.214. The standard InChI is InChI=1S/C28H28N2O6S/c1-19-9-13-24(14-10-19)37(33,34)29-18-23-12-11-22(36-23)17-25-26(28(32)35-3)20(2)30(27(25)31)16-15-21-7-5-4-6-8-21/h4-14,17,29H,15-16,18H2,1-3H3/b25-17-. The lowest BCUT2D eigenvalue weighted by Crippen LogP contribution is -2.27. The Bertz CT molecular complexity index is 1470. The van der Waals surface area contributed by atoms with E-state index >= 15 is 0 Å². The third-order valence-electron chi connectivity index (χ3n) is 6.10. The normalized spacial score (nSPS) is 15.1. The summed E-state index contributed by atoms with van der Waals surface area (Å²) in [7, 11) is -2.45. The van der Waals surface area contributed by atoms with Crippen molar-refractivity contribution in [2.75, 3.05) is 13.7 Å². The largest absolute Gasteiger partial charge is 0.465 e. The number of aryl methyl sites for hydroxylation is 1. The number of hydrogen-bond donors (Lipinski definition) is 1. The lowest BCUT2D eigenvalue weighted by atomic mass is 10.1. The average Bonchev–Trinajstić information content (AvgIpc) is 3.44.